The van der Waals surface area contributed by atoms with Gasteiger partial charge in [0.05, 0.1) is 16.3 Å². The number of amides is 2. The van der Waals surface area contributed by atoms with Gasteiger partial charge in [0.15, 0.2) is 5.13 Å². The van der Waals surface area contributed by atoms with Gasteiger partial charge >= 0.3 is 0 Å². The summed E-state index contributed by atoms with van der Waals surface area (Å²) in [5.41, 5.74) is 1.11. The van der Waals surface area contributed by atoms with E-state index in [0.717, 1.165) is 19.6 Å². The minimum Gasteiger partial charge on any atom is -0.336 e. The first kappa shape index (κ1) is 27.4. The monoisotopic (exact) mass is 552 g/mol. The quantitative estimate of drug-likeness (QED) is 0.274. The van der Waals surface area contributed by atoms with E-state index < -0.39 is 5.91 Å². The fraction of sp³-hybridized carbons (Fsp3) is 0.320. The third kappa shape index (κ3) is 6.74. The molecule has 0 unspecified atom stereocenters. The van der Waals surface area contributed by atoms with Crippen LogP contribution >= 0.6 is 46.1 Å². The number of carbonyl (C=O) groups is 2. The first-order chi connectivity index (χ1) is 16.8. The Kier molecular flexibility index (Phi) is 9.95. The Labute approximate surface area is 225 Å². The zero-order valence-electron chi connectivity index (χ0n) is 19.8. The van der Waals surface area contributed by atoms with Crippen molar-refractivity contribution in [1.82, 2.24) is 14.8 Å². The lowest BCUT2D eigenvalue weighted by Crippen LogP contribution is -2.38. The molecule has 3 rings (SSSR count). The van der Waals surface area contributed by atoms with Crippen LogP contribution in [0.2, 0.25) is 15.1 Å². The molecule has 35 heavy (non-hydrogen) atoms. The highest BCUT2D eigenvalue weighted by Gasteiger charge is 2.27. The van der Waals surface area contributed by atoms with E-state index in [2.05, 4.69) is 23.7 Å². The van der Waals surface area contributed by atoms with E-state index in [1.54, 1.807) is 46.7 Å². The summed E-state index contributed by atoms with van der Waals surface area (Å²) < 4.78 is 0. The summed E-state index contributed by atoms with van der Waals surface area (Å²) in [5, 5.41) is 3.22. The maximum atomic E-state index is 13.6. The molecule has 2 amide bonds. The molecule has 0 radical (unpaired) electrons. The molecule has 6 nitrogen and oxygen atoms in total. The second-order valence-electron chi connectivity index (χ2n) is 7.67. The van der Waals surface area contributed by atoms with Crippen LogP contribution in [0.25, 0.3) is 0 Å². The van der Waals surface area contributed by atoms with Crippen LogP contribution in [0.4, 0.5) is 10.8 Å². The van der Waals surface area contributed by atoms with Gasteiger partial charge in [-0.1, -0.05) is 48.7 Å². The maximum Gasteiger partial charge on any atom is 0.273 e. The molecular formula is C25H27Cl3N4O2S. The standard InChI is InChI=1S/C25H27Cl3N4O2S/c1-4-30(5-2)13-14-31(6-3)24(34)22-16-35-25(29-22)32(19-10-7-17(26)8-11-19)23(33)20-12-9-18(27)15-21(20)28/h7-12,15-16H,4-6,13-14H2,1-3H3. The molecule has 0 fully saturated rings. The van der Waals surface area contributed by atoms with E-state index in [0.29, 0.717) is 39.6 Å². The molecule has 0 aliphatic heterocycles. The van der Waals surface area contributed by atoms with Crippen LogP contribution in [0.1, 0.15) is 41.6 Å². The molecule has 0 aliphatic rings. The second kappa shape index (κ2) is 12.7. The fourth-order valence-corrected chi connectivity index (χ4v) is 4.95. The zero-order chi connectivity index (χ0) is 25.5. The number of anilines is 2. The molecule has 1 heterocycles. The van der Waals surface area contributed by atoms with Crippen molar-refractivity contribution in [2.24, 2.45) is 0 Å². The highest BCUT2D eigenvalue weighted by atomic mass is 35.5. The van der Waals surface area contributed by atoms with Gasteiger partial charge in [-0.25, -0.2) is 4.98 Å². The van der Waals surface area contributed by atoms with Crippen molar-refractivity contribution < 1.29 is 9.59 Å². The number of rotatable bonds is 10. The van der Waals surface area contributed by atoms with Crippen LogP contribution in [-0.4, -0.2) is 59.3 Å². The Balaban J connectivity index is 1.93. The van der Waals surface area contributed by atoms with E-state index >= 15 is 0 Å². The largest absolute Gasteiger partial charge is 0.336 e. The van der Waals surface area contributed by atoms with Gasteiger partial charge in [-0.2, -0.15) is 0 Å². The van der Waals surface area contributed by atoms with Gasteiger partial charge in [0, 0.05) is 35.1 Å². The Morgan fingerprint density at radius 2 is 1.51 bits per heavy atom. The molecule has 0 N–H and O–H groups in total. The normalized spacial score (nSPS) is 11.1. The zero-order valence-corrected chi connectivity index (χ0v) is 22.9. The molecule has 0 bridgehead atoms. The SMILES string of the molecule is CCN(CC)CCN(CC)C(=O)c1csc(N(C(=O)c2ccc(Cl)cc2Cl)c2ccc(Cl)cc2)n1. The van der Waals surface area contributed by atoms with Gasteiger partial charge in [0.1, 0.15) is 5.69 Å². The maximum absolute atomic E-state index is 13.6. The highest BCUT2D eigenvalue weighted by Crippen LogP contribution is 2.33. The molecule has 10 heteroatoms. The summed E-state index contributed by atoms with van der Waals surface area (Å²) >= 11 is 19.6. The molecule has 0 saturated heterocycles. The van der Waals surface area contributed by atoms with Gasteiger partial charge < -0.3 is 9.80 Å². The third-order valence-electron chi connectivity index (χ3n) is 5.60. The van der Waals surface area contributed by atoms with Gasteiger partial charge in [0.2, 0.25) is 0 Å². The molecule has 1 aromatic heterocycles. The van der Waals surface area contributed by atoms with Crippen molar-refractivity contribution in [3.05, 3.63) is 74.2 Å². The van der Waals surface area contributed by atoms with Crippen molar-refractivity contribution >= 4 is 68.8 Å². The molecule has 0 saturated carbocycles. The summed E-state index contributed by atoms with van der Waals surface area (Å²) in [6.45, 7) is 9.95. The lowest BCUT2D eigenvalue weighted by Gasteiger charge is -2.25. The van der Waals surface area contributed by atoms with Gasteiger partial charge in [0.25, 0.3) is 11.8 Å². The van der Waals surface area contributed by atoms with Crippen LogP contribution in [0.3, 0.4) is 0 Å². The minimum absolute atomic E-state index is 0.171. The number of nitrogens with zero attached hydrogens (tertiary/aromatic N) is 4. The predicted octanol–water partition coefficient (Wildman–Crippen LogP) is 6.89. The van der Waals surface area contributed by atoms with E-state index in [1.807, 2.05) is 6.92 Å². The van der Waals surface area contributed by atoms with E-state index in [1.165, 1.54) is 22.3 Å². The summed E-state index contributed by atoms with van der Waals surface area (Å²) in [6, 6.07) is 11.5. The van der Waals surface area contributed by atoms with Crippen molar-refractivity contribution in [3.8, 4) is 0 Å². The van der Waals surface area contributed by atoms with Crippen molar-refractivity contribution in [1.29, 1.82) is 0 Å². The highest BCUT2D eigenvalue weighted by molar-refractivity contribution is 7.14. The fourth-order valence-electron chi connectivity index (χ4n) is 3.52. The van der Waals surface area contributed by atoms with Crippen molar-refractivity contribution in [2.45, 2.75) is 20.8 Å². The smallest absolute Gasteiger partial charge is 0.273 e. The van der Waals surface area contributed by atoms with Crippen LogP contribution in [0.15, 0.2) is 47.8 Å². The Morgan fingerprint density at radius 1 is 0.857 bits per heavy atom. The average Bonchev–Trinajstić information content (AvgIpc) is 3.32. The number of likely N-dealkylation sites (N-methyl/N-ethyl adjacent to an activating group) is 2. The van der Waals surface area contributed by atoms with Crippen molar-refractivity contribution in [3.63, 3.8) is 0 Å². The lowest BCUT2D eigenvalue weighted by atomic mass is 10.2. The molecular weight excluding hydrogens is 527 g/mol. The molecule has 0 atom stereocenters. The molecule has 186 valence electrons. The number of halogens is 3. The molecule has 3 aromatic rings. The Hall–Kier alpha value is -2.16. The van der Waals surface area contributed by atoms with E-state index in [4.69, 9.17) is 34.8 Å². The first-order valence-corrected chi connectivity index (χ1v) is 13.3. The Bertz CT molecular complexity index is 1170. The lowest BCUT2D eigenvalue weighted by molar-refractivity contribution is 0.0741. The van der Waals surface area contributed by atoms with Crippen LogP contribution in [0.5, 0.6) is 0 Å². The third-order valence-corrected chi connectivity index (χ3v) is 7.23. The number of hydrogen-bond acceptors (Lipinski definition) is 5. The number of benzene rings is 2. The van der Waals surface area contributed by atoms with E-state index in [-0.39, 0.29) is 16.5 Å². The number of aromatic nitrogens is 1. The number of thiazole rings is 1. The predicted molar refractivity (Wildman–Crippen MR) is 146 cm³/mol. The van der Waals surface area contributed by atoms with Crippen molar-refractivity contribution in [2.75, 3.05) is 37.6 Å². The van der Waals surface area contributed by atoms with Crippen LogP contribution in [0, 0.1) is 0 Å². The first-order valence-electron chi connectivity index (χ1n) is 11.3. The second-order valence-corrected chi connectivity index (χ2v) is 9.78. The number of hydrogen-bond donors (Lipinski definition) is 0. The molecule has 0 spiro atoms. The topological polar surface area (TPSA) is 56.8 Å². The summed E-state index contributed by atoms with van der Waals surface area (Å²) in [5.74, 6) is -0.564. The minimum atomic E-state index is -0.392. The summed E-state index contributed by atoms with van der Waals surface area (Å²) in [4.78, 5) is 36.8. The summed E-state index contributed by atoms with van der Waals surface area (Å²) in [7, 11) is 0. The van der Waals surface area contributed by atoms with Gasteiger partial charge in [-0.05, 0) is 62.5 Å². The Morgan fingerprint density at radius 3 is 2.11 bits per heavy atom. The van der Waals surface area contributed by atoms with Crippen LogP contribution in [-0.2, 0) is 0 Å². The van der Waals surface area contributed by atoms with Gasteiger partial charge in [-0.15, -0.1) is 11.3 Å². The van der Waals surface area contributed by atoms with E-state index in [9.17, 15) is 9.59 Å². The number of carbonyl (C=O) groups excluding carboxylic acids is 2. The average molecular weight is 554 g/mol. The molecule has 0 aliphatic carbocycles. The van der Waals surface area contributed by atoms with Gasteiger partial charge in [-0.3, -0.25) is 14.5 Å². The molecule has 2 aromatic carbocycles. The van der Waals surface area contributed by atoms with Crippen LogP contribution < -0.4 is 4.90 Å². The summed E-state index contributed by atoms with van der Waals surface area (Å²) in [6.07, 6.45) is 0.